The normalized spacial score (nSPS) is 12.0. The fraction of sp³-hybridized carbons (Fsp3) is 0. The van der Waals surface area contributed by atoms with Gasteiger partial charge in [-0.25, -0.2) is 0 Å². The summed E-state index contributed by atoms with van der Waals surface area (Å²) in [4.78, 5) is 4.26. The van der Waals surface area contributed by atoms with Gasteiger partial charge < -0.3 is 4.90 Å². The lowest BCUT2D eigenvalue weighted by molar-refractivity contribution is 1.16. The summed E-state index contributed by atoms with van der Waals surface area (Å²) in [6, 6.07) is 30.5. The fourth-order valence-electron chi connectivity index (χ4n) is 3.65. The third kappa shape index (κ3) is 2.44. The van der Waals surface area contributed by atoms with Crippen LogP contribution in [0.2, 0.25) is 0 Å². The molecule has 0 bridgehead atoms. The highest BCUT2D eigenvalue weighted by Crippen LogP contribution is 2.53. The first-order valence-corrected chi connectivity index (χ1v) is 9.65. The summed E-state index contributed by atoms with van der Waals surface area (Å²) in [5, 5.41) is 21.8. The predicted molar refractivity (Wildman–Crippen MR) is 112 cm³/mol. The van der Waals surface area contributed by atoms with Crippen molar-refractivity contribution in [3.05, 3.63) is 90.0 Å². The average Bonchev–Trinajstić information content (AvgIpc) is 2.75. The Morgan fingerprint density at radius 3 is 2.00 bits per heavy atom. The number of rotatable bonds is 1. The van der Waals surface area contributed by atoms with E-state index in [9.17, 15) is 10.5 Å². The smallest absolute Gasteiger partial charge is 0.101 e. The summed E-state index contributed by atoms with van der Waals surface area (Å²) < 4.78 is 0. The third-order valence-corrected chi connectivity index (χ3v) is 6.01. The van der Waals surface area contributed by atoms with Crippen molar-refractivity contribution in [2.75, 3.05) is 4.90 Å². The van der Waals surface area contributed by atoms with Crippen LogP contribution in [0.15, 0.2) is 88.7 Å². The van der Waals surface area contributed by atoms with E-state index in [4.69, 9.17) is 0 Å². The van der Waals surface area contributed by atoms with Gasteiger partial charge in [-0.2, -0.15) is 10.5 Å². The van der Waals surface area contributed by atoms with Gasteiger partial charge in [0.05, 0.1) is 28.2 Å². The maximum Gasteiger partial charge on any atom is 0.101 e. The van der Waals surface area contributed by atoms with Gasteiger partial charge in [-0.3, -0.25) is 0 Å². The van der Waals surface area contributed by atoms with E-state index in [1.807, 2.05) is 30.3 Å². The number of nitrogens with zero attached hydrogens (tertiary/aromatic N) is 3. The maximum absolute atomic E-state index is 9.75. The molecule has 0 aromatic heterocycles. The quantitative estimate of drug-likeness (QED) is 0.335. The highest BCUT2D eigenvalue weighted by Gasteiger charge is 2.28. The van der Waals surface area contributed by atoms with Crippen LogP contribution in [-0.4, -0.2) is 0 Å². The van der Waals surface area contributed by atoms with E-state index in [1.54, 1.807) is 30.0 Å². The van der Waals surface area contributed by atoms with Crippen molar-refractivity contribution in [1.82, 2.24) is 0 Å². The molecule has 5 rings (SSSR count). The first kappa shape index (κ1) is 16.4. The molecule has 0 spiro atoms. The molecule has 0 aliphatic carbocycles. The number of fused-ring (bicyclic) bond motifs is 3. The molecule has 0 radical (unpaired) electrons. The molecule has 1 aliphatic heterocycles. The molecule has 0 unspecified atom stereocenters. The Morgan fingerprint density at radius 2 is 1.29 bits per heavy atom. The molecule has 0 saturated heterocycles. The lowest BCUT2D eigenvalue weighted by atomic mass is 10.0. The molecule has 4 aromatic rings. The van der Waals surface area contributed by atoms with Crippen LogP contribution >= 0.6 is 11.8 Å². The molecule has 0 fully saturated rings. The summed E-state index contributed by atoms with van der Waals surface area (Å²) in [5.41, 5.74) is 3.58. The van der Waals surface area contributed by atoms with Crippen LogP contribution in [0.25, 0.3) is 10.8 Å². The lowest BCUT2D eigenvalue weighted by Crippen LogP contribution is -2.17. The Hall–Kier alpha value is -3.73. The number of para-hydroxylation sites is 2. The van der Waals surface area contributed by atoms with E-state index < -0.39 is 0 Å². The minimum absolute atomic E-state index is 0.486. The molecule has 1 aliphatic rings. The van der Waals surface area contributed by atoms with E-state index in [1.165, 1.54) is 5.39 Å². The summed E-state index contributed by atoms with van der Waals surface area (Å²) in [7, 11) is 0. The van der Waals surface area contributed by atoms with E-state index in [2.05, 4.69) is 47.4 Å². The standard InChI is InChI=1S/C24H13N3S/c25-14-18-8-5-9-19(15-26)24(18)27-20-10-3-4-11-22(20)28-23-13-17-7-2-1-6-16(17)12-21(23)27/h1-13H. The average molecular weight is 375 g/mol. The van der Waals surface area contributed by atoms with Crippen LogP contribution in [0.3, 0.4) is 0 Å². The molecule has 130 valence electrons. The molecule has 1 heterocycles. The van der Waals surface area contributed by atoms with Crippen LogP contribution < -0.4 is 4.90 Å². The first-order chi connectivity index (χ1) is 13.8. The zero-order valence-corrected chi connectivity index (χ0v) is 15.6. The van der Waals surface area contributed by atoms with Gasteiger partial charge in [-0.05, 0) is 47.2 Å². The van der Waals surface area contributed by atoms with E-state index in [0.29, 0.717) is 16.8 Å². The number of benzene rings is 4. The van der Waals surface area contributed by atoms with Crippen molar-refractivity contribution in [3.8, 4) is 12.1 Å². The Bertz CT molecular complexity index is 1300. The van der Waals surface area contributed by atoms with Crippen molar-refractivity contribution < 1.29 is 0 Å². The monoisotopic (exact) mass is 375 g/mol. The molecule has 28 heavy (non-hydrogen) atoms. The van der Waals surface area contributed by atoms with Crippen molar-refractivity contribution in [1.29, 1.82) is 10.5 Å². The second-order valence-corrected chi connectivity index (χ2v) is 7.58. The maximum atomic E-state index is 9.75. The Balaban J connectivity index is 1.88. The summed E-state index contributed by atoms with van der Waals surface area (Å²) in [6.07, 6.45) is 0. The predicted octanol–water partition coefficient (Wildman–Crippen LogP) is 6.52. The van der Waals surface area contributed by atoms with Crippen molar-refractivity contribution in [2.24, 2.45) is 0 Å². The molecule has 0 saturated carbocycles. The molecule has 3 nitrogen and oxygen atoms in total. The van der Waals surface area contributed by atoms with Crippen LogP contribution in [0.1, 0.15) is 11.1 Å². The molecular weight excluding hydrogens is 362 g/mol. The second kappa shape index (κ2) is 6.46. The van der Waals surface area contributed by atoms with Crippen LogP contribution in [0, 0.1) is 22.7 Å². The Morgan fingerprint density at radius 1 is 0.643 bits per heavy atom. The molecule has 0 N–H and O–H groups in total. The van der Waals surface area contributed by atoms with Gasteiger partial charge in [0.2, 0.25) is 0 Å². The molecule has 4 aromatic carbocycles. The summed E-state index contributed by atoms with van der Waals surface area (Å²) in [6.45, 7) is 0. The third-order valence-electron chi connectivity index (χ3n) is 4.89. The Kier molecular flexibility index (Phi) is 3.79. The largest absolute Gasteiger partial charge is 0.306 e. The van der Waals surface area contributed by atoms with Crippen LogP contribution in [0.5, 0.6) is 0 Å². The highest BCUT2D eigenvalue weighted by atomic mass is 32.2. The highest BCUT2D eigenvalue weighted by molar-refractivity contribution is 7.99. The van der Waals surface area contributed by atoms with Gasteiger partial charge in [0.15, 0.2) is 0 Å². The second-order valence-electron chi connectivity index (χ2n) is 6.50. The first-order valence-electron chi connectivity index (χ1n) is 8.83. The number of hydrogen-bond acceptors (Lipinski definition) is 4. The van der Waals surface area contributed by atoms with E-state index in [0.717, 1.165) is 26.6 Å². The van der Waals surface area contributed by atoms with Gasteiger partial charge >= 0.3 is 0 Å². The summed E-state index contributed by atoms with van der Waals surface area (Å²) >= 11 is 1.72. The van der Waals surface area contributed by atoms with Gasteiger partial charge in [0, 0.05) is 9.79 Å². The van der Waals surface area contributed by atoms with Crippen molar-refractivity contribution >= 4 is 39.6 Å². The van der Waals surface area contributed by atoms with E-state index in [-0.39, 0.29) is 0 Å². The number of nitriles is 2. The van der Waals surface area contributed by atoms with E-state index >= 15 is 0 Å². The lowest BCUT2D eigenvalue weighted by Gasteiger charge is -2.34. The van der Waals surface area contributed by atoms with Gasteiger partial charge in [0.25, 0.3) is 0 Å². The van der Waals surface area contributed by atoms with Gasteiger partial charge in [0.1, 0.15) is 12.1 Å². The van der Waals surface area contributed by atoms with Gasteiger partial charge in [-0.1, -0.05) is 54.2 Å². The van der Waals surface area contributed by atoms with Gasteiger partial charge in [-0.15, -0.1) is 0 Å². The van der Waals surface area contributed by atoms with Crippen molar-refractivity contribution in [3.63, 3.8) is 0 Å². The SMILES string of the molecule is N#Cc1cccc(C#N)c1N1c2ccccc2Sc2cc3ccccc3cc21. The fourth-order valence-corrected chi connectivity index (χ4v) is 4.73. The zero-order valence-electron chi connectivity index (χ0n) is 14.8. The van der Waals surface area contributed by atoms with Crippen LogP contribution in [0.4, 0.5) is 17.1 Å². The molecule has 0 amide bonds. The number of hydrogen-bond donors (Lipinski definition) is 0. The Labute approximate surface area is 167 Å². The molecule has 0 atom stereocenters. The summed E-state index contributed by atoms with van der Waals surface area (Å²) in [5.74, 6) is 0. The zero-order chi connectivity index (χ0) is 19.1. The minimum atomic E-state index is 0.486. The molecular formula is C24H13N3S. The topological polar surface area (TPSA) is 50.8 Å². The minimum Gasteiger partial charge on any atom is -0.306 e. The number of anilines is 3. The van der Waals surface area contributed by atoms with Crippen LogP contribution in [-0.2, 0) is 0 Å². The molecule has 4 heteroatoms. The van der Waals surface area contributed by atoms with Crippen molar-refractivity contribution in [2.45, 2.75) is 9.79 Å².